The number of carbonyl (C=O) groups is 2. The number of rotatable bonds is 6. The van der Waals surface area contributed by atoms with Gasteiger partial charge in [-0.3, -0.25) is 9.69 Å². The molecule has 2 aliphatic rings. The number of benzene rings is 2. The average Bonchev–Trinajstić information content (AvgIpc) is 3.21. The summed E-state index contributed by atoms with van der Waals surface area (Å²) in [6.07, 6.45) is -1.90. The molecule has 2 aliphatic heterocycles. The zero-order chi connectivity index (χ0) is 21.3. The molecule has 1 N–H and O–H groups in total. The highest BCUT2D eigenvalue weighted by molar-refractivity contribution is 6.04. The van der Waals surface area contributed by atoms with Crippen molar-refractivity contribution in [2.75, 3.05) is 6.61 Å². The Morgan fingerprint density at radius 2 is 1.57 bits per heavy atom. The fourth-order valence-corrected chi connectivity index (χ4v) is 3.94. The number of carbonyl (C=O) groups excluding carboxylic acids is 2. The molecule has 2 aromatic rings. The predicted molar refractivity (Wildman–Crippen MR) is 109 cm³/mol. The minimum absolute atomic E-state index is 0.153. The van der Waals surface area contributed by atoms with Crippen LogP contribution < -0.4 is 0 Å². The molecule has 2 saturated heterocycles. The Bertz CT molecular complexity index is 902. The quantitative estimate of drug-likeness (QED) is 0.741. The molecule has 7 nitrogen and oxygen atoms in total. The maximum absolute atomic E-state index is 13.3. The lowest BCUT2D eigenvalue weighted by Gasteiger charge is -2.29. The Kier molecular flexibility index (Phi) is 5.60. The Labute approximate surface area is 175 Å². The summed E-state index contributed by atoms with van der Waals surface area (Å²) in [5.74, 6) is -1.27. The SMILES string of the molecule is CC1(C)OC[C@H]([C@@H](O)[C@@H]2C(=O)N(Cc3ccccc3)C(=O)N2Cc2ccccc2)O1. The molecule has 2 fully saturated rings. The second kappa shape index (κ2) is 8.18. The van der Waals surface area contributed by atoms with Gasteiger partial charge in [0.05, 0.1) is 13.2 Å². The van der Waals surface area contributed by atoms with E-state index in [0.717, 1.165) is 11.1 Å². The molecule has 2 heterocycles. The number of aliphatic hydroxyl groups is 1. The molecule has 2 aromatic carbocycles. The maximum Gasteiger partial charge on any atom is 0.328 e. The minimum Gasteiger partial charge on any atom is -0.388 e. The fourth-order valence-electron chi connectivity index (χ4n) is 3.94. The highest BCUT2D eigenvalue weighted by Gasteiger charge is 2.52. The summed E-state index contributed by atoms with van der Waals surface area (Å²) in [5.41, 5.74) is 1.72. The van der Waals surface area contributed by atoms with E-state index in [1.54, 1.807) is 13.8 Å². The number of amides is 3. The minimum atomic E-state index is -1.20. The number of hydrogen-bond acceptors (Lipinski definition) is 5. The van der Waals surface area contributed by atoms with Crippen molar-refractivity contribution in [2.24, 2.45) is 0 Å². The maximum atomic E-state index is 13.3. The molecule has 0 aliphatic carbocycles. The monoisotopic (exact) mass is 410 g/mol. The first kappa shape index (κ1) is 20.5. The normalized spacial score (nSPS) is 24.5. The van der Waals surface area contributed by atoms with E-state index >= 15 is 0 Å². The lowest BCUT2D eigenvalue weighted by Crippen LogP contribution is -2.50. The van der Waals surface area contributed by atoms with Crippen LogP contribution in [0, 0.1) is 0 Å². The molecule has 0 aromatic heterocycles. The molecule has 3 atom stereocenters. The molecule has 7 heteroatoms. The smallest absolute Gasteiger partial charge is 0.328 e. The summed E-state index contributed by atoms with van der Waals surface area (Å²) >= 11 is 0. The van der Waals surface area contributed by atoms with Crippen molar-refractivity contribution in [1.82, 2.24) is 9.80 Å². The molecule has 0 saturated carbocycles. The average molecular weight is 410 g/mol. The van der Waals surface area contributed by atoms with Crippen LogP contribution in [0.4, 0.5) is 4.79 Å². The Morgan fingerprint density at radius 1 is 1.00 bits per heavy atom. The van der Waals surface area contributed by atoms with Crippen molar-refractivity contribution in [3.63, 3.8) is 0 Å². The lowest BCUT2D eigenvalue weighted by molar-refractivity contribution is -0.159. The zero-order valence-electron chi connectivity index (χ0n) is 17.1. The highest BCUT2D eigenvalue weighted by atomic mass is 16.7. The van der Waals surface area contributed by atoms with Crippen LogP contribution >= 0.6 is 0 Å². The number of imide groups is 1. The largest absolute Gasteiger partial charge is 0.388 e. The summed E-state index contributed by atoms with van der Waals surface area (Å²) in [5, 5.41) is 11.1. The van der Waals surface area contributed by atoms with Gasteiger partial charge in [-0.15, -0.1) is 0 Å². The second-order valence-electron chi connectivity index (χ2n) is 8.11. The molecule has 30 heavy (non-hydrogen) atoms. The van der Waals surface area contributed by atoms with E-state index in [9.17, 15) is 14.7 Å². The van der Waals surface area contributed by atoms with Crippen LogP contribution in [-0.2, 0) is 27.4 Å². The summed E-state index contributed by atoms with van der Waals surface area (Å²) in [7, 11) is 0. The first-order chi connectivity index (χ1) is 14.4. The van der Waals surface area contributed by atoms with Crippen molar-refractivity contribution >= 4 is 11.9 Å². The first-order valence-electron chi connectivity index (χ1n) is 10.1. The predicted octanol–water partition coefficient (Wildman–Crippen LogP) is 2.53. The summed E-state index contributed by atoms with van der Waals surface area (Å²) in [6.45, 7) is 4.04. The number of hydrogen-bond donors (Lipinski definition) is 1. The van der Waals surface area contributed by atoms with Crippen LogP contribution in [0.5, 0.6) is 0 Å². The summed E-state index contributed by atoms with van der Waals surface area (Å²) in [4.78, 5) is 29.1. The number of urea groups is 1. The van der Waals surface area contributed by atoms with Crippen LogP contribution in [0.1, 0.15) is 25.0 Å². The topological polar surface area (TPSA) is 79.3 Å². The van der Waals surface area contributed by atoms with Crippen LogP contribution in [0.15, 0.2) is 60.7 Å². The third-order valence-electron chi connectivity index (χ3n) is 5.45. The van der Waals surface area contributed by atoms with Crippen molar-refractivity contribution in [3.05, 3.63) is 71.8 Å². The lowest BCUT2D eigenvalue weighted by atomic mass is 10.0. The van der Waals surface area contributed by atoms with Gasteiger partial charge < -0.3 is 19.5 Å². The highest BCUT2D eigenvalue weighted by Crippen LogP contribution is 2.31. The summed E-state index contributed by atoms with van der Waals surface area (Å²) < 4.78 is 11.3. The Hall–Kier alpha value is -2.74. The Balaban J connectivity index is 1.61. The standard InChI is InChI=1S/C23H26N2O5/c1-23(2)29-15-18(30-23)20(26)19-21(27)25(14-17-11-7-4-8-12-17)22(28)24(19)13-16-9-5-3-6-10-16/h3-12,18-20,26H,13-15H2,1-2H3/t18-,19-,20-/m1/s1. The van der Waals surface area contributed by atoms with Gasteiger partial charge in [0, 0.05) is 6.54 Å². The van der Waals surface area contributed by atoms with Crippen LogP contribution in [-0.4, -0.2) is 57.5 Å². The number of nitrogens with zero attached hydrogens (tertiary/aromatic N) is 2. The molecule has 0 bridgehead atoms. The van der Waals surface area contributed by atoms with E-state index in [2.05, 4.69) is 0 Å². The third kappa shape index (κ3) is 4.09. The van der Waals surface area contributed by atoms with Gasteiger partial charge in [-0.2, -0.15) is 0 Å². The van der Waals surface area contributed by atoms with E-state index in [-0.39, 0.29) is 19.7 Å². The third-order valence-corrected chi connectivity index (χ3v) is 5.45. The van der Waals surface area contributed by atoms with Gasteiger partial charge in [0.2, 0.25) is 0 Å². The first-order valence-corrected chi connectivity index (χ1v) is 10.1. The van der Waals surface area contributed by atoms with Gasteiger partial charge in [-0.1, -0.05) is 60.7 Å². The number of aliphatic hydroxyl groups excluding tert-OH is 1. The van der Waals surface area contributed by atoms with Gasteiger partial charge in [0.1, 0.15) is 18.2 Å². The van der Waals surface area contributed by atoms with E-state index in [1.807, 2.05) is 60.7 Å². The van der Waals surface area contributed by atoms with Crippen molar-refractivity contribution in [1.29, 1.82) is 0 Å². The fraction of sp³-hybridized carbons (Fsp3) is 0.391. The molecular formula is C23H26N2O5. The van der Waals surface area contributed by atoms with Crippen molar-refractivity contribution < 1.29 is 24.2 Å². The van der Waals surface area contributed by atoms with Crippen LogP contribution in [0.3, 0.4) is 0 Å². The van der Waals surface area contributed by atoms with Gasteiger partial charge in [0.25, 0.3) is 5.91 Å². The van der Waals surface area contributed by atoms with Gasteiger partial charge >= 0.3 is 6.03 Å². The van der Waals surface area contributed by atoms with Crippen LogP contribution in [0.25, 0.3) is 0 Å². The summed E-state index contributed by atoms with van der Waals surface area (Å²) in [6, 6.07) is 17.3. The molecule has 3 amide bonds. The Morgan fingerprint density at radius 3 is 2.10 bits per heavy atom. The molecule has 0 unspecified atom stereocenters. The molecular weight excluding hydrogens is 384 g/mol. The van der Waals surface area contributed by atoms with E-state index < -0.39 is 36.0 Å². The molecule has 4 rings (SSSR count). The van der Waals surface area contributed by atoms with Gasteiger partial charge in [-0.05, 0) is 25.0 Å². The zero-order valence-corrected chi connectivity index (χ0v) is 17.1. The van der Waals surface area contributed by atoms with Crippen LogP contribution in [0.2, 0.25) is 0 Å². The molecule has 0 spiro atoms. The molecule has 158 valence electrons. The number of ether oxygens (including phenoxy) is 2. The van der Waals surface area contributed by atoms with Gasteiger partial charge in [0.15, 0.2) is 5.79 Å². The van der Waals surface area contributed by atoms with Crippen molar-refractivity contribution in [3.8, 4) is 0 Å². The van der Waals surface area contributed by atoms with Gasteiger partial charge in [-0.25, -0.2) is 4.79 Å². The molecule has 0 radical (unpaired) electrons. The van der Waals surface area contributed by atoms with E-state index in [0.29, 0.717) is 0 Å². The van der Waals surface area contributed by atoms with E-state index in [1.165, 1.54) is 9.80 Å². The van der Waals surface area contributed by atoms with E-state index in [4.69, 9.17) is 9.47 Å². The second-order valence-corrected chi connectivity index (χ2v) is 8.11. The van der Waals surface area contributed by atoms with Crippen molar-refractivity contribution in [2.45, 2.75) is 51.0 Å².